The number of hydrogen-bond donors (Lipinski definition) is 1. The van der Waals surface area contributed by atoms with E-state index in [9.17, 15) is 4.79 Å². The van der Waals surface area contributed by atoms with E-state index in [1.807, 2.05) is 12.1 Å². The van der Waals surface area contributed by atoms with Gasteiger partial charge >= 0.3 is 0 Å². The number of carbonyl (C=O) groups excluding carboxylic acids is 1. The topological polar surface area (TPSA) is 48.5 Å². The molecule has 1 unspecified atom stereocenters. The Morgan fingerprint density at radius 3 is 2.56 bits per heavy atom. The molecule has 1 atom stereocenters. The molecule has 5 nitrogen and oxygen atoms in total. The molecule has 0 bridgehead atoms. The van der Waals surface area contributed by atoms with Crippen molar-refractivity contribution in [2.75, 3.05) is 30.4 Å². The van der Waals surface area contributed by atoms with E-state index in [4.69, 9.17) is 11.6 Å². The van der Waals surface area contributed by atoms with Crippen LogP contribution < -0.4 is 10.2 Å². The molecular weight excluding hydrogens is 440 g/mol. The maximum atomic E-state index is 12.4. The predicted octanol–water partition coefficient (Wildman–Crippen LogP) is 6.02. The number of thiazole rings is 1. The van der Waals surface area contributed by atoms with Gasteiger partial charge in [0.05, 0.1) is 6.04 Å². The molecule has 3 aromatic rings. The zero-order valence-electron chi connectivity index (χ0n) is 18.7. The first-order chi connectivity index (χ1) is 15.4. The quantitative estimate of drug-likeness (QED) is 0.480. The lowest BCUT2D eigenvalue weighted by Gasteiger charge is -2.39. The summed E-state index contributed by atoms with van der Waals surface area (Å²) in [5.74, 6) is -0.159. The van der Waals surface area contributed by atoms with Gasteiger partial charge < -0.3 is 10.2 Å². The fraction of sp³-hybridized carbons (Fsp3) is 0.360. The molecule has 4 rings (SSSR count). The van der Waals surface area contributed by atoms with Crippen LogP contribution in [0.25, 0.3) is 0 Å². The van der Waals surface area contributed by atoms with Crippen molar-refractivity contribution in [3.63, 3.8) is 0 Å². The van der Waals surface area contributed by atoms with Gasteiger partial charge in [0, 0.05) is 52.2 Å². The van der Waals surface area contributed by atoms with Gasteiger partial charge in [-0.15, -0.1) is 11.3 Å². The number of anilines is 2. The second-order valence-corrected chi connectivity index (χ2v) is 9.72. The van der Waals surface area contributed by atoms with Crippen molar-refractivity contribution < 1.29 is 4.79 Å². The molecule has 168 valence electrons. The summed E-state index contributed by atoms with van der Waals surface area (Å²) in [6.45, 7) is 6.35. The standard InChI is InChI=1S/C25H29ClN4OS/c1-17-16-32-25(27-17)18(2)29(3)22-11-13-30(14-12-22)23-9-7-21(8-10-23)28-24(31)19-5-4-6-20(26)15-19/h4-10,15-16,18,22H,11-14H2,1-3H3,(H,28,31). The second-order valence-electron chi connectivity index (χ2n) is 8.40. The van der Waals surface area contributed by atoms with E-state index in [0.29, 0.717) is 22.7 Å². The van der Waals surface area contributed by atoms with E-state index in [2.05, 4.69) is 58.5 Å². The maximum Gasteiger partial charge on any atom is 0.255 e. The molecule has 1 N–H and O–H groups in total. The van der Waals surface area contributed by atoms with Gasteiger partial charge in [-0.1, -0.05) is 17.7 Å². The van der Waals surface area contributed by atoms with Crippen LogP contribution in [-0.4, -0.2) is 42.0 Å². The first kappa shape index (κ1) is 22.8. The van der Waals surface area contributed by atoms with Gasteiger partial charge in [0.15, 0.2) is 0 Å². The number of amides is 1. The first-order valence-electron chi connectivity index (χ1n) is 11.0. The summed E-state index contributed by atoms with van der Waals surface area (Å²) < 4.78 is 0. The number of benzene rings is 2. The minimum absolute atomic E-state index is 0.159. The van der Waals surface area contributed by atoms with Gasteiger partial charge in [-0.05, 0) is 76.2 Å². The Bertz CT molecular complexity index is 1060. The summed E-state index contributed by atoms with van der Waals surface area (Å²) in [7, 11) is 2.22. The molecule has 32 heavy (non-hydrogen) atoms. The highest BCUT2D eigenvalue weighted by Gasteiger charge is 2.27. The van der Waals surface area contributed by atoms with Gasteiger partial charge in [-0.3, -0.25) is 9.69 Å². The molecule has 7 heteroatoms. The highest BCUT2D eigenvalue weighted by molar-refractivity contribution is 7.09. The van der Waals surface area contributed by atoms with Crippen LogP contribution in [0.5, 0.6) is 0 Å². The lowest BCUT2D eigenvalue weighted by atomic mass is 10.0. The van der Waals surface area contributed by atoms with Crippen molar-refractivity contribution in [3.05, 3.63) is 75.2 Å². The van der Waals surface area contributed by atoms with Crippen molar-refractivity contribution in [2.24, 2.45) is 0 Å². The summed E-state index contributed by atoms with van der Waals surface area (Å²) >= 11 is 7.74. The Kier molecular flexibility index (Phi) is 7.13. The predicted molar refractivity (Wildman–Crippen MR) is 134 cm³/mol. The smallest absolute Gasteiger partial charge is 0.255 e. The minimum Gasteiger partial charge on any atom is -0.371 e. The van der Waals surface area contributed by atoms with E-state index in [-0.39, 0.29) is 5.91 Å². The number of hydrogen-bond acceptors (Lipinski definition) is 5. The lowest BCUT2D eigenvalue weighted by Crippen LogP contribution is -2.44. The zero-order valence-corrected chi connectivity index (χ0v) is 20.3. The number of carbonyl (C=O) groups is 1. The molecule has 2 aromatic carbocycles. The molecule has 1 aliphatic rings. The summed E-state index contributed by atoms with van der Waals surface area (Å²) in [5, 5.41) is 6.82. The van der Waals surface area contributed by atoms with Crippen molar-refractivity contribution in [2.45, 2.75) is 38.8 Å². The number of nitrogens with one attached hydrogen (secondary N) is 1. The summed E-state index contributed by atoms with van der Waals surface area (Å²) in [4.78, 5) is 22.0. The Morgan fingerprint density at radius 2 is 1.94 bits per heavy atom. The molecule has 1 saturated heterocycles. The van der Waals surface area contributed by atoms with Crippen LogP contribution in [0.4, 0.5) is 11.4 Å². The van der Waals surface area contributed by atoms with Gasteiger partial charge in [-0.2, -0.15) is 0 Å². The molecule has 0 saturated carbocycles. The number of rotatable bonds is 6. The van der Waals surface area contributed by atoms with E-state index in [1.54, 1.807) is 35.6 Å². The Labute approximate surface area is 199 Å². The summed E-state index contributed by atoms with van der Waals surface area (Å²) in [5.41, 5.74) is 3.62. The number of halogens is 1. The van der Waals surface area contributed by atoms with Crippen molar-refractivity contribution in [1.82, 2.24) is 9.88 Å². The molecule has 1 aliphatic heterocycles. The normalized spacial score (nSPS) is 15.7. The van der Waals surface area contributed by atoms with Crippen molar-refractivity contribution in [3.8, 4) is 0 Å². The average Bonchev–Trinajstić information content (AvgIpc) is 3.25. The second kappa shape index (κ2) is 10.0. The summed E-state index contributed by atoms with van der Waals surface area (Å²) in [6.07, 6.45) is 2.25. The first-order valence-corrected chi connectivity index (χ1v) is 12.2. The van der Waals surface area contributed by atoms with Gasteiger partial charge in [0.25, 0.3) is 5.91 Å². The van der Waals surface area contributed by atoms with Crippen molar-refractivity contribution in [1.29, 1.82) is 0 Å². The fourth-order valence-electron chi connectivity index (χ4n) is 4.17. The summed E-state index contributed by atoms with van der Waals surface area (Å²) in [6, 6.07) is 15.9. The molecule has 1 aromatic heterocycles. The van der Waals surface area contributed by atoms with Gasteiger partial charge in [-0.25, -0.2) is 4.98 Å². The molecular formula is C25H29ClN4OS. The Morgan fingerprint density at radius 1 is 1.22 bits per heavy atom. The van der Waals surface area contributed by atoms with Crippen LogP contribution in [0.15, 0.2) is 53.9 Å². The number of nitrogens with zero attached hydrogens (tertiary/aromatic N) is 3. The van der Waals surface area contributed by atoms with Crippen molar-refractivity contribution >= 4 is 40.2 Å². The Balaban J connectivity index is 1.31. The van der Waals surface area contributed by atoms with Crippen LogP contribution >= 0.6 is 22.9 Å². The van der Waals surface area contributed by atoms with E-state index >= 15 is 0 Å². The lowest BCUT2D eigenvalue weighted by molar-refractivity contribution is 0.102. The largest absolute Gasteiger partial charge is 0.371 e. The van der Waals surface area contributed by atoms with Crippen LogP contribution in [0.1, 0.15) is 46.9 Å². The SMILES string of the molecule is Cc1csc(C(C)N(C)C2CCN(c3ccc(NC(=O)c4cccc(Cl)c4)cc3)CC2)n1. The molecule has 0 aliphatic carbocycles. The van der Waals surface area contributed by atoms with E-state index in [1.165, 1.54) is 10.7 Å². The van der Waals surface area contributed by atoms with E-state index in [0.717, 1.165) is 37.3 Å². The molecule has 0 spiro atoms. The third-order valence-electron chi connectivity index (χ3n) is 6.22. The highest BCUT2D eigenvalue weighted by atomic mass is 35.5. The average molecular weight is 469 g/mol. The van der Waals surface area contributed by atoms with Crippen LogP contribution in [0.2, 0.25) is 5.02 Å². The minimum atomic E-state index is -0.159. The molecule has 2 heterocycles. The zero-order chi connectivity index (χ0) is 22.7. The molecule has 0 radical (unpaired) electrons. The Hall–Kier alpha value is -2.41. The van der Waals surface area contributed by atoms with Crippen LogP contribution in [0, 0.1) is 6.92 Å². The number of piperidine rings is 1. The van der Waals surface area contributed by atoms with Gasteiger partial charge in [0.2, 0.25) is 0 Å². The van der Waals surface area contributed by atoms with E-state index < -0.39 is 0 Å². The fourth-order valence-corrected chi connectivity index (χ4v) is 5.27. The maximum absolute atomic E-state index is 12.4. The number of aromatic nitrogens is 1. The van der Waals surface area contributed by atoms with Crippen LogP contribution in [0.3, 0.4) is 0 Å². The number of aryl methyl sites for hydroxylation is 1. The van der Waals surface area contributed by atoms with Crippen LogP contribution in [-0.2, 0) is 0 Å². The third kappa shape index (κ3) is 5.31. The van der Waals surface area contributed by atoms with Gasteiger partial charge in [0.1, 0.15) is 5.01 Å². The highest BCUT2D eigenvalue weighted by Crippen LogP contribution is 2.29. The third-order valence-corrected chi connectivity index (χ3v) is 7.59. The monoisotopic (exact) mass is 468 g/mol. The molecule has 1 amide bonds. The molecule has 1 fully saturated rings.